The molecule has 2 aromatic carbocycles. The lowest BCUT2D eigenvalue weighted by molar-refractivity contribution is 0.0613. The van der Waals surface area contributed by atoms with Gasteiger partial charge in [0.25, 0.3) is 0 Å². The lowest BCUT2D eigenvalue weighted by Gasteiger charge is -2.55. The van der Waals surface area contributed by atoms with Crippen molar-refractivity contribution in [1.29, 1.82) is 0 Å². The van der Waals surface area contributed by atoms with Crippen molar-refractivity contribution in [3.63, 3.8) is 0 Å². The minimum absolute atomic E-state index is 0.0325. The van der Waals surface area contributed by atoms with Crippen molar-refractivity contribution < 1.29 is 5.11 Å². The highest BCUT2D eigenvalue weighted by Crippen LogP contribution is 2.52. The van der Waals surface area contributed by atoms with E-state index < -0.39 is 0 Å². The second-order valence-electron chi connectivity index (χ2n) is 6.97. The zero-order valence-electron chi connectivity index (χ0n) is 13.3. The zero-order chi connectivity index (χ0) is 15.3. The molecule has 4 rings (SSSR count). The van der Waals surface area contributed by atoms with Crippen molar-refractivity contribution in [3.8, 4) is 5.75 Å². The number of likely N-dealkylation sites (tertiary alicyclic amines) is 1. The third kappa shape index (κ3) is 1.77. The van der Waals surface area contributed by atoms with Crippen LogP contribution in [0.25, 0.3) is 0 Å². The van der Waals surface area contributed by atoms with E-state index in [-0.39, 0.29) is 5.41 Å². The molecule has 2 nitrogen and oxygen atoms in total. The number of nitrogens with zero attached hydrogens (tertiary/aromatic N) is 1. The molecule has 0 radical (unpaired) electrons. The summed E-state index contributed by atoms with van der Waals surface area (Å²) < 4.78 is 0. The number of hydrogen-bond acceptors (Lipinski definition) is 2. The van der Waals surface area contributed by atoms with Crippen molar-refractivity contribution in [2.75, 3.05) is 13.6 Å². The van der Waals surface area contributed by atoms with Crippen LogP contribution < -0.4 is 0 Å². The maximum absolute atomic E-state index is 10.1. The highest BCUT2D eigenvalue weighted by Gasteiger charge is 2.51. The van der Waals surface area contributed by atoms with Gasteiger partial charge >= 0.3 is 0 Å². The van der Waals surface area contributed by atoms with Gasteiger partial charge in [-0.05, 0) is 61.2 Å². The van der Waals surface area contributed by atoms with E-state index in [1.165, 1.54) is 16.7 Å². The summed E-state index contributed by atoms with van der Waals surface area (Å²) in [5.41, 5.74) is 4.17. The molecule has 1 aliphatic heterocycles. The van der Waals surface area contributed by atoms with Crippen LogP contribution in [0, 0.1) is 5.92 Å². The predicted molar refractivity (Wildman–Crippen MR) is 89.2 cm³/mol. The van der Waals surface area contributed by atoms with Gasteiger partial charge in [0, 0.05) is 11.5 Å². The van der Waals surface area contributed by atoms with Gasteiger partial charge in [-0.3, -0.25) is 0 Å². The molecule has 22 heavy (non-hydrogen) atoms. The Hall–Kier alpha value is -1.80. The fraction of sp³-hybridized carbons (Fsp3) is 0.400. The molecule has 1 saturated heterocycles. The van der Waals surface area contributed by atoms with Gasteiger partial charge in [0.2, 0.25) is 0 Å². The number of phenolic OH excluding ortho intramolecular Hbond substituents is 1. The van der Waals surface area contributed by atoms with E-state index in [4.69, 9.17) is 0 Å². The highest BCUT2D eigenvalue weighted by molar-refractivity contribution is 5.51. The van der Waals surface area contributed by atoms with Gasteiger partial charge in [-0.2, -0.15) is 0 Å². The first-order valence-electron chi connectivity index (χ1n) is 8.21. The van der Waals surface area contributed by atoms with E-state index in [9.17, 15) is 5.11 Å². The van der Waals surface area contributed by atoms with Crippen LogP contribution in [0.2, 0.25) is 0 Å². The highest BCUT2D eigenvalue weighted by atomic mass is 16.3. The molecule has 0 aromatic heterocycles. The number of fused-ring (bicyclic) bond motifs is 4. The van der Waals surface area contributed by atoms with Gasteiger partial charge in [0.1, 0.15) is 5.75 Å². The molecular weight excluding hydrogens is 270 g/mol. The molecule has 0 amide bonds. The summed E-state index contributed by atoms with van der Waals surface area (Å²) in [5.74, 6) is 0.932. The van der Waals surface area contributed by atoms with Crippen LogP contribution >= 0.6 is 0 Å². The Morgan fingerprint density at radius 3 is 2.68 bits per heavy atom. The van der Waals surface area contributed by atoms with E-state index >= 15 is 0 Å². The van der Waals surface area contributed by atoms with Gasteiger partial charge < -0.3 is 10.0 Å². The second kappa shape index (κ2) is 4.85. The molecule has 3 atom stereocenters. The standard InChI is InChI=1S/C20H23NO/c1-14-19-12-15-8-9-17(22)13-18(15)20(14,10-11-21(19)2)16-6-4-3-5-7-16/h3-9,13-14,19,22H,10-12H2,1-2H3/t14-,19+,20-/m1/s1. The fourth-order valence-corrected chi connectivity index (χ4v) is 4.85. The molecule has 0 saturated carbocycles. The molecule has 0 spiro atoms. The first kappa shape index (κ1) is 13.8. The Kier molecular flexibility index (Phi) is 3.05. The summed E-state index contributed by atoms with van der Waals surface area (Å²) in [7, 11) is 2.25. The molecule has 1 aliphatic carbocycles. The normalized spacial score (nSPS) is 30.8. The van der Waals surface area contributed by atoms with Crippen molar-refractivity contribution in [1.82, 2.24) is 4.90 Å². The van der Waals surface area contributed by atoms with E-state index in [1.807, 2.05) is 12.1 Å². The number of aromatic hydroxyl groups is 1. The van der Waals surface area contributed by atoms with Crippen molar-refractivity contribution >= 4 is 0 Å². The van der Waals surface area contributed by atoms with Crippen LogP contribution in [0.5, 0.6) is 5.75 Å². The number of phenols is 1. The molecule has 1 fully saturated rings. The van der Waals surface area contributed by atoms with E-state index in [0.717, 1.165) is 19.4 Å². The smallest absolute Gasteiger partial charge is 0.115 e. The average molecular weight is 293 g/mol. The number of benzene rings is 2. The molecule has 2 heteroatoms. The summed E-state index contributed by atoms with van der Waals surface area (Å²) in [6, 6.07) is 17.4. The summed E-state index contributed by atoms with van der Waals surface area (Å²) in [5, 5.41) is 10.1. The first-order chi connectivity index (χ1) is 10.6. The van der Waals surface area contributed by atoms with Gasteiger partial charge in [0.05, 0.1) is 0 Å². The molecule has 1 N–H and O–H groups in total. The lowest BCUT2D eigenvalue weighted by Crippen LogP contribution is -2.58. The van der Waals surface area contributed by atoms with Crippen LogP contribution in [0.3, 0.4) is 0 Å². The fourth-order valence-electron chi connectivity index (χ4n) is 4.85. The Labute approximate surface area is 132 Å². The molecule has 2 aliphatic rings. The summed E-state index contributed by atoms with van der Waals surface area (Å²) in [4.78, 5) is 2.52. The Bertz CT molecular complexity index is 696. The molecule has 0 unspecified atom stereocenters. The largest absolute Gasteiger partial charge is 0.508 e. The van der Waals surface area contributed by atoms with E-state index in [0.29, 0.717) is 17.7 Å². The summed E-state index contributed by atoms with van der Waals surface area (Å²) in [6.45, 7) is 3.50. The third-order valence-corrected chi connectivity index (χ3v) is 6.07. The molecule has 114 valence electrons. The average Bonchev–Trinajstić information content (AvgIpc) is 2.53. The van der Waals surface area contributed by atoms with Crippen LogP contribution in [0.4, 0.5) is 0 Å². The quantitative estimate of drug-likeness (QED) is 0.869. The summed E-state index contributed by atoms with van der Waals surface area (Å²) in [6.07, 6.45) is 2.20. The summed E-state index contributed by atoms with van der Waals surface area (Å²) >= 11 is 0. The second-order valence-corrected chi connectivity index (χ2v) is 6.97. The topological polar surface area (TPSA) is 23.5 Å². The van der Waals surface area contributed by atoms with Gasteiger partial charge in [-0.15, -0.1) is 0 Å². The maximum Gasteiger partial charge on any atom is 0.115 e. The lowest BCUT2D eigenvalue weighted by atomic mass is 9.55. The van der Waals surface area contributed by atoms with Crippen LogP contribution in [0.15, 0.2) is 48.5 Å². The van der Waals surface area contributed by atoms with Gasteiger partial charge in [0.15, 0.2) is 0 Å². The number of hydrogen-bond donors (Lipinski definition) is 1. The Balaban J connectivity index is 1.99. The minimum atomic E-state index is 0.0325. The molecule has 2 bridgehead atoms. The predicted octanol–water partition coefficient (Wildman–Crippen LogP) is 3.57. The van der Waals surface area contributed by atoms with Gasteiger partial charge in [-0.1, -0.05) is 43.3 Å². The van der Waals surface area contributed by atoms with Crippen molar-refractivity contribution in [2.45, 2.75) is 31.2 Å². The SMILES string of the molecule is C[C@@H]1[C@@H]2Cc3ccc(O)cc3[C@]1(c1ccccc1)CCN2C. The number of rotatable bonds is 1. The Morgan fingerprint density at radius 1 is 1.14 bits per heavy atom. The maximum atomic E-state index is 10.1. The van der Waals surface area contributed by atoms with Crippen LogP contribution in [0.1, 0.15) is 30.0 Å². The van der Waals surface area contributed by atoms with Crippen molar-refractivity contribution in [2.24, 2.45) is 5.92 Å². The number of piperidine rings is 1. The first-order valence-corrected chi connectivity index (χ1v) is 8.21. The monoisotopic (exact) mass is 293 g/mol. The van der Waals surface area contributed by atoms with Crippen LogP contribution in [-0.4, -0.2) is 29.6 Å². The third-order valence-electron chi connectivity index (χ3n) is 6.07. The Morgan fingerprint density at radius 2 is 1.91 bits per heavy atom. The van der Waals surface area contributed by atoms with Crippen molar-refractivity contribution in [3.05, 3.63) is 65.2 Å². The molecule has 2 aromatic rings. The van der Waals surface area contributed by atoms with Crippen LogP contribution in [-0.2, 0) is 11.8 Å². The van der Waals surface area contributed by atoms with E-state index in [1.54, 1.807) is 0 Å². The van der Waals surface area contributed by atoms with E-state index in [2.05, 4.69) is 55.3 Å². The minimum Gasteiger partial charge on any atom is -0.508 e. The molecule has 1 heterocycles. The number of likely N-dealkylation sites (N-methyl/N-ethyl adjacent to an activating group) is 1. The van der Waals surface area contributed by atoms with Gasteiger partial charge in [-0.25, -0.2) is 0 Å². The molecular formula is C20H23NO. The zero-order valence-corrected chi connectivity index (χ0v) is 13.3.